The van der Waals surface area contributed by atoms with Crippen molar-refractivity contribution < 1.29 is 13.2 Å². The Morgan fingerprint density at radius 2 is 2.06 bits per heavy atom. The molecule has 0 bridgehead atoms. The van der Waals surface area contributed by atoms with Crippen LogP contribution in [0.3, 0.4) is 0 Å². The molecule has 4 heteroatoms. The quantitative estimate of drug-likeness (QED) is 0.808. The van der Waals surface area contributed by atoms with Crippen LogP contribution in [0, 0.1) is 5.92 Å². The van der Waals surface area contributed by atoms with Gasteiger partial charge in [0.05, 0.1) is 17.8 Å². The Bertz CT molecular complexity index is 595. The number of benzene rings is 1. The van der Waals surface area contributed by atoms with E-state index in [-0.39, 0.29) is 5.75 Å². The lowest BCUT2D eigenvalue weighted by atomic mass is 10.0. The van der Waals surface area contributed by atoms with Crippen molar-refractivity contribution in [1.29, 1.82) is 0 Å². The molecule has 1 fully saturated rings. The lowest BCUT2D eigenvalue weighted by molar-refractivity contribution is 0.413. The average molecular weight is 250 g/mol. The first-order valence-electron chi connectivity index (χ1n) is 5.73. The zero-order valence-corrected chi connectivity index (χ0v) is 10.5. The molecule has 0 amide bonds. The number of methoxy groups -OCH3 is 1. The Balaban J connectivity index is 2.19. The number of allylic oxidation sites excluding steroid dienone is 1. The summed E-state index contributed by atoms with van der Waals surface area (Å²) < 4.78 is 29.2. The van der Waals surface area contributed by atoms with Gasteiger partial charge in [-0.25, -0.2) is 8.42 Å². The fourth-order valence-electron chi connectivity index (χ4n) is 2.31. The Labute approximate surface area is 101 Å². The Morgan fingerprint density at radius 3 is 2.71 bits per heavy atom. The maximum Gasteiger partial charge on any atom is 0.182 e. The molecule has 1 aromatic rings. The van der Waals surface area contributed by atoms with Crippen molar-refractivity contribution in [2.75, 3.05) is 12.9 Å². The molecule has 1 aliphatic heterocycles. The molecule has 1 saturated carbocycles. The van der Waals surface area contributed by atoms with Gasteiger partial charge in [-0.2, -0.15) is 0 Å². The molecule has 0 N–H and O–H groups in total. The number of hydrogen-bond acceptors (Lipinski definition) is 3. The smallest absolute Gasteiger partial charge is 0.182 e. The maximum absolute atomic E-state index is 12.0. The zero-order valence-electron chi connectivity index (χ0n) is 9.64. The van der Waals surface area contributed by atoms with Gasteiger partial charge in [0.2, 0.25) is 0 Å². The summed E-state index contributed by atoms with van der Waals surface area (Å²) in [5, 5.41) is 0. The molecule has 0 aromatic heterocycles. The third kappa shape index (κ3) is 1.76. The maximum atomic E-state index is 12.0. The van der Waals surface area contributed by atoms with Gasteiger partial charge in [-0.1, -0.05) is 6.08 Å². The summed E-state index contributed by atoms with van der Waals surface area (Å²) in [6.07, 6.45) is 4.23. The number of hydrogen-bond donors (Lipinski definition) is 0. The summed E-state index contributed by atoms with van der Waals surface area (Å²) in [6.45, 7) is 0. The number of rotatable bonds is 2. The predicted octanol–water partition coefficient (Wildman–Crippen LogP) is 2.28. The number of ether oxygens (including phenoxy) is 1. The van der Waals surface area contributed by atoms with Crippen LogP contribution in [-0.4, -0.2) is 21.3 Å². The standard InChI is InChI=1S/C13H14O3S/c1-16-10-4-5-12-11(9-2-3-9)6-7-17(14,15)13(12)8-10/h4-6,8-9H,2-3,7H2,1H3. The lowest BCUT2D eigenvalue weighted by Gasteiger charge is -2.18. The van der Waals surface area contributed by atoms with E-state index in [9.17, 15) is 8.42 Å². The van der Waals surface area contributed by atoms with Gasteiger partial charge in [0.25, 0.3) is 0 Å². The lowest BCUT2D eigenvalue weighted by Crippen LogP contribution is -2.13. The van der Waals surface area contributed by atoms with E-state index in [1.807, 2.05) is 18.2 Å². The van der Waals surface area contributed by atoms with Crippen LogP contribution in [0.15, 0.2) is 29.2 Å². The predicted molar refractivity (Wildman–Crippen MR) is 65.7 cm³/mol. The van der Waals surface area contributed by atoms with Gasteiger partial charge in [0, 0.05) is 0 Å². The van der Waals surface area contributed by atoms with Crippen LogP contribution in [0.25, 0.3) is 5.57 Å². The molecule has 0 saturated heterocycles. The molecule has 0 unspecified atom stereocenters. The Hall–Kier alpha value is -1.29. The van der Waals surface area contributed by atoms with Crippen molar-refractivity contribution in [1.82, 2.24) is 0 Å². The Morgan fingerprint density at radius 1 is 1.29 bits per heavy atom. The first-order valence-corrected chi connectivity index (χ1v) is 7.38. The second-order valence-corrected chi connectivity index (χ2v) is 6.58. The van der Waals surface area contributed by atoms with Gasteiger partial charge >= 0.3 is 0 Å². The number of fused-ring (bicyclic) bond motifs is 1. The highest BCUT2D eigenvalue weighted by Gasteiger charge is 2.33. The van der Waals surface area contributed by atoms with E-state index in [1.165, 1.54) is 18.4 Å². The third-order valence-corrected chi connectivity index (χ3v) is 4.99. The average Bonchev–Trinajstić information content (AvgIpc) is 3.13. The molecule has 3 rings (SSSR count). The zero-order chi connectivity index (χ0) is 12.0. The van der Waals surface area contributed by atoms with Gasteiger partial charge in [0.1, 0.15) is 5.75 Å². The van der Waals surface area contributed by atoms with E-state index in [1.54, 1.807) is 13.2 Å². The first-order chi connectivity index (χ1) is 8.12. The molecule has 17 heavy (non-hydrogen) atoms. The molecule has 1 aromatic carbocycles. The van der Waals surface area contributed by atoms with Crippen molar-refractivity contribution in [3.05, 3.63) is 29.8 Å². The van der Waals surface area contributed by atoms with Gasteiger partial charge < -0.3 is 4.74 Å². The van der Waals surface area contributed by atoms with Crippen molar-refractivity contribution in [2.45, 2.75) is 17.7 Å². The van der Waals surface area contributed by atoms with E-state index in [0.717, 1.165) is 5.56 Å². The molecular weight excluding hydrogens is 236 g/mol. The summed E-state index contributed by atoms with van der Waals surface area (Å²) in [5.74, 6) is 1.29. The summed E-state index contributed by atoms with van der Waals surface area (Å²) in [6, 6.07) is 5.34. The molecule has 0 atom stereocenters. The molecule has 0 spiro atoms. The SMILES string of the molecule is COc1ccc2c(c1)S(=O)(=O)CC=C2C1CC1. The van der Waals surface area contributed by atoms with Crippen molar-refractivity contribution >= 4 is 15.4 Å². The summed E-state index contributed by atoms with van der Waals surface area (Å²) >= 11 is 0. The van der Waals surface area contributed by atoms with Crippen LogP contribution >= 0.6 is 0 Å². The van der Waals surface area contributed by atoms with Crippen LogP contribution < -0.4 is 4.74 Å². The van der Waals surface area contributed by atoms with Crippen LogP contribution in [0.4, 0.5) is 0 Å². The summed E-state index contributed by atoms with van der Waals surface area (Å²) in [7, 11) is -1.62. The highest BCUT2D eigenvalue weighted by atomic mass is 32.2. The minimum absolute atomic E-state index is 0.124. The molecular formula is C13H14O3S. The van der Waals surface area contributed by atoms with Gasteiger partial charge in [-0.3, -0.25) is 0 Å². The Kier molecular flexibility index (Phi) is 2.30. The molecule has 90 valence electrons. The molecule has 1 aliphatic carbocycles. The summed E-state index contributed by atoms with van der Waals surface area (Å²) in [5.41, 5.74) is 2.08. The van der Waals surface area contributed by atoms with E-state index in [2.05, 4.69) is 0 Å². The fourth-order valence-corrected chi connectivity index (χ4v) is 3.70. The fraction of sp³-hybridized carbons (Fsp3) is 0.385. The van der Waals surface area contributed by atoms with E-state index >= 15 is 0 Å². The summed E-state index contributed by atoms with van der Waals surface area (Å²) in [4.78, 5) is 0.432. The van der Waals surface area contributed by atoms with Crippen molar-refractivity contribution in [3.8, 4) is 5.75 Å². The molecule has 1 heterocycles. The molecule has 2 aliphatic rings. The van der Waals surface area contributed by atoms with Crippen LogP contribution in [0.1, 0.15) is 18.4 Å². The minimum Gasteiger partial charge on any atom is -0.497 e. The van der Waals surface area contributed by atoms with Gasteiger partial charge in [-0.05, 0) is 48.1 Å². The van der Waals surface area contributed by atoms with E-state index < -0.39 is 9.84 Å². The normalized spacial score (nSPS) is 21.6. The van der Waals surface area contributed by atoms with Gasteiger partial charge in [-0.15, -0.1) is 0 Å². The highest BCUT2D eigenvalue weighted by Crippen LogP contribution is 2.46. The third-order valence-electron chi connectivity index (χ3n) is 3.37. The van der Waals surface area contributed by atoms with Crippen molar-refractivity contribution in [3.63, 3.8) is 0 Å². The minimum atomic E-state index is -3.17. The second kappa shape index (κ2) is 3.60. The van der Waals surface area contributed by atoms with Crippen molar-refractivity contribution in [2.24, 2.45) is 5.92 Å². The van der Waals surface area contributed by atoms with Gasteiger partial charge in [0.15, 0.2) is 9.84 Å². The first kappa shape index (κ1) is 10.8. The monoisotopic (exact) mass is 250 g/mol. The van der Waals surface area contributed by atoms with E-state index in [4.69, 9.17) is 4.74 Å². The van der Waals surface area contributed by atoms with Crippen LogP contribution in [0.5, 0.6) is 5.75 Å². The second-order valence-electron chi connectivity index (χ2n) is 4.58. The van der Waals surface area contributed by atoms with Crippen LogP contribution in [0.2, 0.25) is 0 Å². The number of sulfone groups is 1. The van der Waals surface area contributed by atoms with Crippen LogP contribution in [-0.2, 0) is 9.84 Å². The molecule has 0 radical (unpaired) electrons. The van der Waals surface area contributed by atoms with E-state index in [0.29, 0.717) is 16.6 Å². The highest BCUT2D eigenvalue weighted by molar-refractivity contribution is 7.91. The molecule has 3 nitrogen and oxygen atoms in total. The largest absolute Gasteiger partial charge is 0.497 e. The topological polar surface area (TPSA) is 43.4 Å².